The number of hydrogen-bond acceptors (Lipinski definition) is 3. The monoisotopic (exact) mass is 256 g/mol. The van der Waals surface area contributed by atoms with Crippen molar-refractivity contribution in [1.29, 1.82) is 5.26 Å². The van der Waals surface area contributed by atoms with E-state index in [9.17, 15) is 4.39 Å². The standard InChI is InChI=1S/C15H13FN2O/c16-12-3-6-15(11(8-12)9-17)18(13-4-5-13)10-14-2-1-7-19-14/h1-3,6-8,13H,4-5,10H2. The van der Waals surface area contributed by atoms with Crippen LogP contribution >= 0.6 is 0 Å². The minimum absolute atomic E-state index is 0.374. The number of anilines is 1. The minimum atomic E-state index is -0.381. The van der Waals surface area contributed by atoms with Gasteiger partial charge in [0.25, 0.3) is 0 Å². The Morgan fingerprint density at radius 3 is 2.84 bits per heavy atom. The van der Waals surface area contributed by atoms with Gasteiger partial charge < -0.3 is 9.32 Å². The average molecular weight is 256 g/mol. The zero-order chi connectivity index (χ0) is 13.2. The van der Waals surface area contributed by atoms with Gasteiger partial charge in [0.05, 0.1) is 24.1 Å². The number of nitrogens with zero attached hydrogens (tertiary/aromatic N) is 2. The lowest BCUT2D eigenvalue weighted by molar-refractivity contribution is 0.501. The predicted octanol–water partition coefficient (Wildman–Crippen LogP) is 3.46. The summed E-state index contributed by atoms with van der Waals surface area (Å²) in [6, 6.07) is 10.6. The summed E-state index contributed by atoms with van der Waals surface area (Å²) in [5.74, 6) is 0.467. The third-order valence-electron chi connectivity index (χ3n) is 3.28. The Morgan fingerprint density at radius 2 is 2.21 bits per heavy atom. The van der Waals surface area contributed by atoms with E-state index in [1.807, 2.05) is 12.1 Å². The predicted molar refractivity (Wildman–Crippen MR) is 69.0 cm³/mol. The van der Waals surface area contributed by atoms with Gasteiger partial charge in [-0.1, -0.05) is 0 Å². The molecule has 0 bridgehead atoms. The molecular weight excluding hydrogens is 243 g/mol. The van der Waals surface area contributed by atoms with Crippen LogP contribution in [0.25, 0.3) is 0 Å². The second-order valence-corrected chi connectivity index (χ2v) is 4.71. The number of nitriles is 1. The molecule has 0 spiro atoms. The molecule has 1 aromatic carbocycles. The lowest BCUT2D eigenvalue weighted by atomic mass is 10.1. The molecule has 1 heterocycles. The summed E-state index contributed by atoms with van der Waals surface area (Å²) in [6.07, 6.45) is 3.84. The second-order valence-electron chi connectivity index (χ2n) is 4.71. The number of benzene rings is 1. The van der Waals surface area contributed by atoms with Crippen molar-refractivity contribution in [2.24, 2.45) is 0 Å². The highest BCUT2D eigenvalue weighted by Gasteiger charge is 2.31. The van der Waals surface area contributed by atoms with E-state index in [0.29, 0.717) is 18.2 Å². The van der Waals surface area contributed by atoms with Crippen molar-refractivity contribution < 1.29 is 8.81 Å². The second kappa shape index (κ2) is 4.77. The van der Waals surface area contributed by atoms with Crippen molar-refractivity contribution in [2.75, 3.05) is 4.90 Å². The summed E-state index contributed by atoms with van der Waals surface area (Å²) in [4.78, 5) is 2.12. The molecule has 0 amide bonds. The lowest BCUT2D eigenvalue weighted by Gasteiger charge is -2.24. The first kappa shape index (κ1) is 11.8. The maximum absolute atomic E-state index is 13.2. The van der Waals surface area contributed by atoms with Crippen LogP contribution in [-0.2, 0) is 6.54 Å². The molecule has 3 nitrogen and oxygen atoms in total. The summed E-state index contributed by atoms with van der Waals surface area (Å²) in [5, 5.41) is 9.15. The van der Waals surface area contributed by atoms with Gasteiger partial charge in [-0.15, -0.1) is 0 Å². The van der Waals surface area contributed by atoms with Gasteiger partial charge in [-0.05, 0) is 43.2 Å². The zero-order valence-corrected chi connectivity index (χ0v) is 10.3. The van der Waals surface area contributed by atoms with Gasteiger partial charge in [-0.25, -0.2) is 4.39 Å². The lowest BCUT2D eigenvalue weighted by Crippen LogP contribution is -2.25. The minimum Gasteiger partial charge on any atom is -0.467 e. The molecule has 19 heavy (non-hydrogen) atoms. The van der Waals surface area contributed by atoms with Gasteiger partial charge in [-0.2, -0.15) is 5.26 Å². The Morgan fingerprint density at radius 1 is 1.37 bits per heavy atom. The van der Waals surface area contributed by atoms with E-state index in [4.69, 9.17) is 9.68 Å². The molecule has 3 rings (SSSR count). The summed E-state index contributed by atoms with van der Waals surface area (Å²) >= 11 is 0. The molecule has 1 saturated carbocycles. The highest BCUT2D eigenvalue weighted by Crippen LogP contribution is 2.35. The van der Waals surface area contributed by atoms with E-state index in [1.54, 1.807) is 12.3 Å². The van der Waals surface area contributed by atoms with Crippen LogP contribution < -0.4 is 4.90 Å². The molecule has 2 aromatic rings. The fraction of sp³-hybridized carbons (Fsp3) is 0.267. The van der Waals surface area contributed by atoms with E-state index in [2.05, 4.69) is 11.0 Å². The zero-order valence-electron chi connectivity index (χ0n) is 10.3. The van der Waals surface area contributed by atoms with Crippen molar-refractivity contribution in [3.63, 3.8) is 0 Å². The third-order valence-corrected chi connectivity index (χ3v) is 3.28. The van der Waals surface area contributed by atoms with Crippen LogP contribution in [0.2, 0.25) is 0 Å². The first-order chi connectivity index (χ1) is 9.28. The molecule has 0 N–H and O–H groups in total. The maximum atomic E-state index is 13.2. The normalized spacial score (nSPS) is 14.1. The SMILES string of the molecule is N#Cc1cc(F)ccc1N(Cc1ccco1)C1CC1. The van der Waals surface area contributed by atoms with Crippen LogP contribution in [-0.4, -0.2) is 6.04 Å². The first-order valence-electron chi connectivity index (χ1n) is 6.26. The number of rotatable bonds is 4. The van der Waals surface area contributed by atoms with Crippen LogP contribution in [0.3, 0.4) is 0 Å². The molecule has 0 saturated heterocycles. The highest BCUT2D eigenvalue weighted by atomic mass is 19.1. The summed E-state index contributed by atoms with van der Waals surface area (Å²) in [7, 11) is 0. The number of furan rings is 1. The largest absolute Gasteiger partial charge is 0.467 e. The maximum Gasteiger partial charge on any atom is 0.124 e. The Labute approximate surface area is 110 Å². The van der Waals surface area contributed by atoms with E-state index in [0.717, 1.165) is 24.3 Å². The van der Waals surface area contributed by atoms with E-state index < -0.39 is 0 Å². The molecule has 96 valence electrons. The van der Waals surface area contributed by atoms with Gasteiger partial charge in [0.2, 0.25) is 0 Å². The van der Waals surface area contributed by atoms with Crippen molar-refractivity contribution in [1.82, 2.24) is 0 Å². The topological polar surface area (TPSA) is 40.2 Å². The summed E-state index contributed by atoms with van der Waals surface area (Å²) in [6.45, 7) is 0.609. The average Bonchev–Trinajstić information content (AvgIpc) is 3.13. The molecule has 0 aliphatic heterocycles. The van der Waals surface area contributed by atoms with Crippen LogP contribution in [0.5, 0.6) is 0 Å². The van der Waals surface area contributed by atoms with Crippen molar-refractivity contribution >= 4 is 5.69 Å². The van der Waals surface area contributed by atoms with Crippen LogP contribution in [0.15, 0.2) is 41.0 Å². The Kier molecular flexibility index (Phi) is 2.96. The summed E-state index contributed by atoms with van der Waals surface area (Å²) in [5.41, 5.74) is 1.15. The van der Waals surface area contributed by atoms with Crippen molar-refractivity contribution in [2.45, 2.75) is 25.4 Å². The Bertz CT molecular complexity index is 612. The molecule has 1 fully saturated rings. The van der Waals surface area contributed by atoms with Crippen molar-refractivity contribution in [3.05, 3.63) is 53.7 Å². The summed E-state index contributed by atoms with van der Waals surface area (Å²) < 4.78 is 18.6. The fourth-order valence-electron chi connectivity index (χ4n) is 2.22. The molecule has 0 radical (unpaired) electrons. The highest BCUT2D eigenvalue weighted by molar-refractivity contribution is 5.60. The van der Waals surface area contributed by atoms with Gasteiger partial charge in [0.1, 0.15) is 17.6 Å². The molecule has 1 aromatic heterocycles. The van der Waals surface area contributed by atoms with Crippen LogP contribution in [0.4, 0.5) is 10.1 Å². The van der Waals surface area contributed by atoms with E-state index in [1.165, 1.54) is 12.1 Å². The van der Waals surface area contributed by atoms with Crippen LogP contribution in [0.1, 0.15) is 24.2 Å². The molecule has 1 aliphatic rings. The van der Waals surface area contributed by atoms with Gasteiger partial charge in [0, 0.05) is 6.04 Å². The smallest absolute Gasteiger partial charge is 0.124 e. The van der Waals surface area contributed by atoms with Crippen molar-refractivity contribution in [3.8, 4) is 6.07 Å². The molecular formula is C15H13FN2O. The van der Waals surface area contributed by atoms with Gasteiger partial charge >= 0.3 is 0 Å². The Hall–Kier alpha value is -2.28. The van der Waals surface area contributed by atoms with E-state index in [-0.39, 0.29) is 5.82 Å². The molecule has 0 unspecified atom stereocenters. The Balaban J connectivity index is 1.94. The van der Waals surface area contributed by atoms with Gasteiger partial charge in [0.15, 0.2) is 0 Å². The number of hydrogen-bond donors (Lipinski definition) is 0. The first-order valence-corrected chi connectivity index (χ1v) is 6.26. The van der Waals surface area contributed by atoms with Gasteiger partial charge in [-0.3, -0.25) is 0 Å². The molecule has 0 atom stereocenters. The number of halogens is 1. The van der Waals surface area contributed by atoms with Crippen LogP contribution in [0, 0.1) is 17.1 Å². The molecule has 1 aliphatic carbocycles. The van der Waals surface area contributed by atoms with E-state index >= 15 is 0 Å². The quantitative estimate of drug-likeness (QED) is 0.841. The fourth-order valence-corrected chi connectivity index (χ4v) is 2.22. The molecule has 4 heteroatoms. The third kappa shape index (κ3) is 2.45.